The highest BCUT2D eigenvalue weighted by Gasteiger charge is 2.56. The normalized spacial score (nSPS) is 26.3. The van der Waals surface area contributed by atoms with Gasteiger partial charge in [0.05, 0.1) is 6.54 Å². The number of urea groups is 1. The van der Waals surface area contributed by atoms with Crippen molar-refractivity contribution in [1.82, 2.24) is 20.0 Å². The Morgan fingerprint density at radius 1 is 1.10 bits per heavy atom. The third-order valence-electron chi connectivity index (χ3n) is 6.34. The lowest BCUT2D eigenvalue weighted by Gasteiger charge is -2.44. The molecule has 2 aromatic rings. The molecule has 3 fully saturated rings. The van der Waals surface area contributed by atoms with Gasteiger partial charge in [0.15, 0.2) is 0 Å². The van der Waals surface area contributed by atoms with Gasteiger partial charge in [0, 0.05) is 36.4 Å². The van der Waals surface area contributed by atoms with Crippen LogP contribution >= 0.6 is 11.6 Å². The Bertz CT molecular complexity index is 1000. The Balaban J connectivity index is 1.46. The number of anilines is 1. The molecule has 1 N–H and O–H groups in total. The molecule has 0 spiro atoms. The van der Waals surface area contributed by atoms with Crippen LogP contribution in [-0.4, -0.2) is 65.3 Å². The maximum atomic E-state index is 14.4. The fourth-order valence-corrected chi connectivity index (χ4v) is 5.01. The fourth-order valence-electron chi connectivity index (χ4n) is 4.79. The first-order valence-electron chi connectivity index (χ1n) is 10.3. The van der Waals surface area contributed by atoms with Gasteiger partial charge in [0.2, 0.25) is 0 Å². The molecule has 0 radical (unpaired) electrons. The number of carbonyl (C=O) groups is 2. The summed E-state index contributed by atoms with van der Waals surface area (Å²) in [6, 6.07) is 13.3. The summed E-state index contributed by atoms with van der Waals surface area (Å²) in [6.07, 6.45) is 0.226. The summed E-state index contributed by atoms with van der Waals surface area (Å²) < 4.78 is 14.4. The lowest BCUT2D eigenvalue weighted by molar-refractivity contribution is -0.139. The third-order valence-corrected chi connectivity index (χ3v) is 6.69. The number of amides is 3. The summed E-state index contributed by atoms with van der Waals surface area (Å²) in [6.45, 7) is 1.37. The second kappa shape index (κ2) is 7.78. The van der Waals surface area contributed by atoms with Crippen molar-refractivity contribution in [3.8, 4) is 0 Å². The Kier molecular flexibility index (Phi) is 5.08. The number of para-hydroxylation sites is 1. The topological polar surface area (TPSA) is 59.1 Å². The van der Waals surface area contributed by atoms with Crippen LogP contribution < -0.4 is 10.2 Å². The molecule has 7 nitrogen and oxygen atoms in total. The van der Waals surface area contributed by atoms with Gasteiger partial charge in [0.25, 0.3) is 5.91 Å². The van der Waals surface area contributed by atoms with Crippen molar-refractivity contribution in [3.63, 3.8) is 0 Å². The van der Waals surface area contributed by atoms with Crippen molar-refractivity contribution in [1.29, 1.82) is 0 Å². The Hall–Kier alpha value is -2.68. The van der Waals surface area contributed by atoms with Crippen molar-refractivity contribution < 1.29 is 14.0 Å². The smallest absolute Gasteiger partial charge is 0.328 e. The molecule has 3 atom stereocenters. The Labute approximate surface area is 185 Å². The highest BCUT2D eigenvalue weighted by Crippen LogP contribution is 2.34. The van der Waals surface area contributed by atoms with Gasteiger partial charge < -0.3 is 9.80 Å². The highest BCUT2D eigenvalue weighted by molar-refractivity contribution is 6.31. The number of benzene rings is 2. The molecule has 5 rings (SSSR count). The summed E-state index contributed by atoms with van der Waals surface area (Å²) in [5, 5.41) is 3.67. The van der Waals surface area contributed by atoms with E-state index in [1.807, 2.05) is 30.3 Å². The predicted molar refractivity (Wildman–Crippen MR) is 115 cm³/mol. The summed E-state index contributed by atoms with van der Waals surface area (Å²) in [4.78, 5) is 33.5. The third kappa shape index (κ3) is 3.26. The molecular weight excluding hydrogens is 421 g/mol. The zero-order valence-corrected chi connectivity index (χ0v) is 17.8. The van der Waals surface area contributed by atoms with Crippen molar-refractivity contribution in [2.75, 3.05) is 25.0 Å². The first-order chi connectivity index (χ1) is 15.0. The molecular formula is C22H23ClFN5O2. The summed E-state index contributed by atoms with van der Waals surface area (Å²) >= 11 is 6.16. The number of nitrogens with one attached hydrogen (secondary N) is 1. The minimum absolute atomic E-state index is 0.143. The van der Waals surface area contributed by atoms with E-state index in [0.29, 0.717) is 0 Å². The number of halogens is 2. The zero-order valence-electron chi connectivity index (χ0n) is 17.0. The van der Waals surface area contributed by atoms with E-state index in [2.05, 4.69) is 15.1 Å². The minimum atomic E-state index is -0.551. The molecule has 0 saturated carbocycles. The van der Waals surface area contributed by atoms with E-state index >= 15 is 0 Å². The molecule has 9 heteroatoms. The highest BCUT2D eigenvalue weighted by atomic mass is 35.5. The molecule has 2 aromatic carbocycles. The van der Waals surface area contributed by atoms with Crippen LogP contribution in [0.4, 0.5) is 14.9 Å². The van der Waals surface area contributed by atoms with Gasteiger partial charge in [-0.05, 0) is 30.7 Å². The lowest BCUT2D eigenvalue weighted by Crippen LogP contribution is -2.66. The number of hydrogen-bond acceptors (Lipinski definition) is 5. The van der Waals surface area contributed by atoms with E-state index in [1.165, 1.54) is 17.0 Å². The maximum absolute atomic E-state index is 14.4. The second-order valence-corrected chi connectivity index (χ2v) is 8.48. The van der Waals surface area contributed by atoms with Crippen LogP contribution in [0.15, 0.2) is 48.5 Å². The number of imide groups is 1. The van der Waals surface area contributed by atoms with E-state index in [4.69, 9.17) is 11.6 Å². The summed E-state index contributed by atoms with van der Waals surface area (Å²) in [7, 11) is 1.67. The van der Waals surface area contributed by atoms with Gasteiger partial charge in [-0.1, -0.05) is 35.9 Å². The monoisotopic (exact) mass is 443 g/mol. The maximum Gasteiger partial charge on any atom is 0.328 e. The van der Waals surface area contributed by atoms with Crippen LogP contribution in [0, 0.1) is 5.82 Å². The van der Waals surface area contributed by atoms with Crippen LogP contribution in [0.3, 0.4) is 0 Å². The van der Waals surface area contributed by atoms with Crippen LogP contribution in [0.25, 0.3) is 0 Å². The number of carbonyl (C=O) groups excluding carboxylic acids is 2. The first kappa shape index (κ1) is 20.2. The summed E-state index contributed by atoms with van der Waals surface area (Å²) in [5.41, 5.74) is 1.20. The number of rotatable bonds is 3. The zero-order chi connectivity index (χ0) is 21.7. The molecule has 3 unspecified atom stereocenters. The van der Waals surface area contributed by atoms with Gasteiger partial charge in [-0.3, -0.25) is 19.9 Å². The molecule has 3 aliphatic heterocycles. The molecule has 3 heterocycles. The van der Waals surface area contributed by atoms with Gasteiger partial charge in [-0.25, -0.2) is 9.18 Å². The van der Waals surface area contributed by atoms with Crippen LogP contribution in [0.1, 0.15) is 12.0 Å². The van der Waals surface area contributed by atoms with E-state index in [1.54, 1.807) is 13.1 Å². The average molecular weight is 444 g/mol. The number of fused-ring (bicyclic) bond motifs is 3. The largest absolute Gasteiger partial charge is 0.343 e. The molecule has 162 valence electrons. The van der Waals surface area contributed by atoms with E-state index in [9.17, 15) is 14.0 Å². The molecule has 0 bridgehead atoms. The second-order valence-electron chi connectivity index (χ2n) is 8.07. The van der Waals surface area contributed by atoms with Gasteiger partial charge in [-0.15, -0.1) is 0 Å². The van der Waals surface area contributed by atoms with Crippen molar-refractivity contribution >= 4 is 29.2 Å². The lowest BCUT2D eigenvalue weighted by atomic mass is 10.1. The SMILES string of the molecule is CN1C(=O)N(Cc2c(F)cccc2Cl)C(=O)C2C1NC1N(c3ccccc3)CCCN21. The van der Waals surface area contributed by atoms with Crippen LogP contribution in [0.2, 0.25) is 5.02 Å². The Morgan fingerprint density at radius 2 is 1.87 bits per heavy atom. The minimum Gasteiger partial charge on any atom is -0.343 e. The number of nitrogens with zero attached hydrogens (tertiary/aromatic N) is 4. The molecule has 3 amide bonds. The van der Waals surface area contributed by atoms with Crippen molar-refractivity contribution in [2.24, 2.45) is 0 Å². The van der Waals surface area contributed by atoms with E-state index in [0.717, 1.165) is 30.1 Å². The van der Waals surface area contributed by atoms with Gasteiger partial charge in [0.1, 0.15) is 24.3 Å². The van der Waals surface area contributed by atoms with Gasteiger partial charge in [-0.2, -0.15) is 0 Å². The van der Waals surface area contributed by atoms with E-state index in [-0.39, 0.29) is 29.3 Å². The van der Waals surface area contributed by atoms with Gasteiger partial charge >= 0.3 is 6.03 Å². The first-order valence-corrected chi connectivity index (χ1v) is 10.7. The summed E-state index contributed by atoms with van der Waals surface area (Å²) in [5.74, 6) is -0.870. The fraction of sp³-hybridized carbons (Fsp3) is 0.364. The molecule has 3 saturated heterocycles. The number of hydrogen-bond donors (Lipinski definition) is 1. The number of likely N-dealkylation sites (N-methyl/N-ethyl adjacent to an activating group) is 1. The standard InChI is InChI=1S/C22H23ClFN5O2/c1-26-19-18(20(30)29(22(26)31)13-15-16(23)9-5-10-17(15)24)28-12-6-11-27(21(28)25-19)14-7-3-2-4-8-14/h2-5,7-10,18-19,21,25H,6,11-13H2,1H3. The quantitative estimate of drug-likeness (QED) is 0.790. The van der Waals surface area contributed by atoms with E-state index < -0.39 is 24.1 Å². The molecule has 0 aromatic heterocycles. The predicted octanol–water partition coefficient (Wildman–Crippen LogP) is 2.67. The molecule has 31 heavy (non-hydrogen) atoms. The van der Waals surface area contributed by atoms with Crippen LogP contribution in [-0.2, 0) is 11.3 Å². The Morgan fingerprint density at radius 3 is 2.61 bits per heavy atom. The molecule has 0 aliphatic carbocycles. The molecule has 3 aliphatic rings. The van der Waals surface area contributed by atoms with Crippen LogP contribution in [0.5, 0.6) is 0 Å². The van der Waals surface area contributed by atoms with Crippen molar-refractivity contribution in [2.45, 2.75) is 31.5 Å². The average Bonchev–Trinajstić information content (AvgIpc) is 3.17. The van der Waals surface area contributed by atoms with Crippen molar-refractivity contribution in [3.05, 3.63) is 64.9 Å².